The van der Waals surface area contributed by atoms with Crippen LogP contribution in [0.3, 0.4) is 0 Å². The first-order valence-electron chi connectivity index (χ1n) is 7.97. The van der Waals surface area contributed by atoms with Crippen LogP contribution in [0.2, 0.25) is 0 Å². The predicted octanol–water partition coefficient (Wildman–Crippen LogP) is 3.36. The third kappa shape index (κ3) is 3.52. The highest BCUT2D eigenvalue weighted by atomic mass is 16.5. The van der Waals surface area contributed by atoms with Gasteiger partial charge in [0.05, 0.1) is 17.3 Å². The number of aromatic nitrogens is 2. The van der Waals surface area contributed by atoms with E-state index in [0.29, 0.717) is 5.56 Å². The molecule has 0 aliphatic carbocycles. The van der Waals surface area contributed by atoms with Gasteiger partial charge in [-0.2, -0.15) is 5.10 Å². The average Bonchev–Trinajstić information content (AvgIpc) is 3.05. The zero-order valence-corrected chi connectivity index (χ0v) is 14.3. The van der Waals surface area contributed by atoms with Crippen molar-refractivity contribution in [3.63, 3.8) is 0 Å². The highest BCUT2D eigenvalue weighted by Crippen LogP contribution is 2.20. The second kappa shape index (κ2) is 6.76. The summed E-state index contributed by atoms with van der Waals surface area (Å²) in [5.74, 6) is -0.922. The van der Waals surface area contributed by atoms with Crippen molar-refractivity contribution in [3.8, 4) is 0 Å². The van der Waals surface area contributed by atoms with Gasteiger partial charge in [-0.3, -0.25) is 9.89 Å². The molecule has 6 heteroatoms. The minimum atomic E-state index is -0.913. The topological polar surface area (TPSA) is 84.1 Å². The van der Waals surface area contributed by atoms with Gasteiger partial charge in [-0.25, -0.2) is 4.79 Å². The number of hydrogen-bond donors (Lipinski definition) is 2. The second-order valence-electron chi connectivity index (χ2n) is 5.98. The van der Waals surface area contributed by atoms with Crippen LogP contribution in [-0.2, 0) is 9.53 Å². The van der Waals surface area contributed by atoms with Gasteiger partial charge in [0.1, 0.15) is 0 Å². The molecular formula is C19H19N3O3. The highest BCUT2D eigenvalue weighted by molar-refractivity contribution is 5.99. The first kappa shape index (κ1) is 16.7. The van der Waals surface area contributed by atoms with Gasteiger partial charge < -0.3 is 10.1 Å². The molecule has 3 rings (SSSR count). The smallest absolute Gasteiger partial charge is 0.338 e. The van der Waals surface area contributed by atoms with E-state index in [0.717, 1.165) is 27.7 Å². The number of esters is 1. The van der Waals surface area contributed by atoms with Gasteiger partial charge in [0.2, 0.25) is 0 Å². The number of para-hydroxylation sites is 1. The van der Waals surface area contributed by atoms with E-state index < -0.39 is 12.1 Å². The summed E-state index contributed by atoms with van der Waals surface area (Å²) in [6.45, 7) is 5.38. The fourth-order valence-electron chi connectivity index (χ4n) is 2.58. The van der Waals surface area contributed by atoms with E-state index in [1.807, 2.05) is 32.0 Å². The number of hydrogen-bond acceptors (Lipinski definition) is 4. The Labute approximate surface area is 145 Å². The fourth-order valence-corrected chi connectivity index (χ4v) is 2.58. The zero-order valence-electron chi connectivity index (χ0n) is 14.3. The second-order valence-corrected chi connectivity index (χ2v) is 5.98. The molecule has 0 aliphatic rings. The van der Waals surface area contributed by atoms with Crippen LogP contribution in [-0.4, -0.2) is 28.2 Å². The Kier molecular flexibility index (Phi) is 4.52. The number of nitrogens with zero attached hydrogens (tertiary/aromatic N) is 1. The molecule has 0 bridgehead atoms. The standard InChI is InChI=1S/C19H19N3O3/c1-11-5-4-6-12(2)17(11)21-18(23)13(3)25-19(24)14-7-8-15-10-20-22-16(15)9-14/h4-10,13H,1-3H3,(H,20,22)(H,21,23). The third-order valence-corrected chi connectivity index (χ3v) is 4.06. The lowest BCUT2D eigenvalue weighted by atomic mass is 10.1. The molecule has 1 aromatic heterocycles. The van der Waals surface area contributed by atoms with Crippen molar-refractivity contribution in [2.24, 2.45) is 0 Å². The number of carbonyl (C=O) groups excluding carboxylic acids is 2. The minimum Gasteiger partial charge on any atom is -0.449 e. The van der Waals surface area contributed by atoms with Gasteiger partial charge in [-0.05, 0) is 44.0 Å². The normalized spacial score (nSPS) is 12.0. The number of rotatable bonds is 4. The molecule has 0 radical (unpaired) electrons. The number of nitrogens with one attached hydrogen (secondary N) is 2. The highest BCUT2D eigenvalue weighted by Gasteiger charge is 2.20. The maximum absolute atomic E-state index is 12.4. The first-order valence-corrected chi connectivity index (χ1v) is 7.97. The summed E-state index contributed by atoms with van der Waals surface area (Å²) in [6.07, 6.45) is 0.759. The van der Waals surface area contributed by atoms with Crippen LogP contribution in [0.15, 0.2) is 42.6 Å². The van der Waals surface area contributed by atoms with Crippen LogP contribution < -0.4 is 5.32 Å². The first-order chi connectivity index (χ1) is 12.0. The summed E-state index contributed by atoms with van der Waals surface area (Å²) in [5, 5.41) is 10.4. The molecule has 0 spiro atoms. The van der Waals surface area contributed by atoms with Gasteiger partial charge in [-0.1, -0.05) is 24.3 Å². The summed E-state index contributed by atoms with van der Waals surface area (Å²) < 4.78 is 5.29. The molecule has 2 aromatic carbocycles. The lowest BCUT2D eigenvalue weighted by Crippen LogP contribution is -2.30. The maximum Gasteiger partial charge on any atom is 0.338 e. The molecular weight excluding hydrogens is 318 g/mol. The average molecular weight is 337 g/mol. The van der Waals surface area contributed by atoms with Crippen molar-refractivity contribution in [3.05, 3.63) is 59.3 Å². The number of ether oxygens (including phenoxy) is 1. The summed E-state index contributed by atoms with van der Waals surface area (Å²) in [4.78, 5) is 24.6. The van der Waals surface area contributed by atoms with E-state index in [9.17, 15) is 9.59 Å². The van der Waals surface area contributed by atoms with Gasteiger partial charge in [0, 0.05) is 11.1 Å². The lowest BCUT2D eigenvalue weighted by Gasteiger charge is -2.16. The predicted molar refractivity (Wildman–Crippen MR) is 95.5 cm³/mol. The molecule has 6 nitrogen and oxygen atoms in total. The van der Waals surface area contributed by atoms with Crippen LogP contribution in [0, 0.1) is 13.8 Å². The van der Waals surface area contributed by atoms with Gasteiger partial charge in [0.15, 0.2) is 6.10 Å². The largest absolute Gasteiger partial charge is 0.449 e. The lowest BCUT2D eigenvalue weighted by molar-refractivity contribution is -0.123. The van der Waals surface area contributed by atoms with E-state index in [1.54, 1.807) is 31.3 Å². The van der Waals surface area contributed by atoms with Crippen LogP contribution in [0.25, 0.3) is 10.9 Å². The quantitative estimate of drug-likeness (QED) is 0.715. The van der Waals surface area contributed by atoms with Gasteiger partial charge in [0.25, 0.3) is 5.91 Å². The van der Waals surface area contributed by atoms with Crippen molar-refractivity contribution < 1.29 is 14.3 Å². The Hall–Kier alpha value is -3.15. The maximum atomic E-state index is 12.4. The Morgan fingerprint density at radius 3 is 2.60 bits per heavy atom. The molecule has 1 atom stereocenters. The Balaban J connectivity index is 1.69. The van der Waals surface area contributed by atoms with Crippen LogP contribution in [0.4, 0.5) is 5.69 Å². The van der Waals surface area contributed by atoms with E-state index in [2.05, 4.69) is 15.5 Å². The third-order valence-electron chi connectivity index (χ3n) is 4.06. The summed E-state index contributed by atoms with van der Waals surface area (Å²) in [5.41, 5.74) is 3.76. The number of fused-ring (bicyclic) bond motifs is 1. The van der Waals surface area contributed by atoms with E-state index >= 15 is 0 Å². The molecule has 0 saturated heterocycles. The van der Waals surface area contributed by atoms with Crippen molar-refractivity contribution in [2.45, 2.75) is 26.9 Å². The van der Waals surface area contributed by atoms with Crippen molar-refractivity contribution in [1.82, 2.24) is 10.2 Å². The van der Waals surface area contributed by atoms with Crippen molar-refractivity contribution in [1.29, 1.82) is 0 Å². The number of aryl methyl sites for hydroxylation is 2. The van der Waals surface area contributed by atoms with Gasteiger partial charge >= 0.3 is 5.97 Å². The van der Waals surface area contributed by atoms with Crippen molar-refractivity contribution >= 4 is 28.5 Å². The molecule has 1 unspecified atom stereocenters. The van der Waals surface area contributed by atoms with E-state index in [-0.39, 0.29) is 5.91 Å². The Bertz CT molecular complexity index is 926. The molecule has 1 heterocycles. The Morgan fingerprint density at radius 1 is 1.16 bits per heavy atom. The minimum absolute atomic E-state index is 0.364. The number of amides is 1. The van der Waals surface area contributed by atoms with Crippen molar-refractivity contribution in [2.75, 3.05) is 5.32 Å². The summed E-state index contributed by atoms with van der Waals surface area (Å²) >= 11 is 0. The zero-order chi connectivity index (χ0) is 18.0. The molecule has 128 valence electrons. The fraction of sp³-hybridized carbons (Fsp3) is 0.211. The molecule has 1 amide bonds. The van der Waals surface area contributed by atoms with Crippen LogP contribution in [0.5, 0.6) is 0 Å². The van der Waals surface area contributed by atoms with Crippen LogP contribution >= 0.6 is 0 Å². The number of aromatic amines is 1. The SMILES string of the molecule is Cc1cccc(C)c1NC(=O)C(C)OC(=O)c1ccc2cn[nH]c2c1. The number of H-pyrrole nitrogens is 1. The molecule has 3 aromatic rings. The number of anilines is 1. The number of benzene rings is 2. The van der Waals surface area contributed by atoms with E-state index in [1.165, 1.54) is 0 Å². The van der Waals surface area contributed by atoms with Crippen LogP contribution in [0.1, 0.15) is 28.4 Å². The molecule has 2 N–H and O–H groups in total. The molecule has 0 aliphatic heterocycles. The molecule has 25 heavy (non-hydrogen) atoms. The number of carbonyl (C=O) groups is 2. The van der Waals surface area contributed by atoms with Gasteiger partial charge in [-0.15, -0.1) is 0 Å². The van der Waals surface area contributed by atoms with E-state index in [4.69, 9.17) is 4.74 Å². The Morgan fingerprint density at radius 2 is 1.88 bits per heavy atom. The molecule has 0 saturated carbocycles. The monoisotopic (exact) mass is 337 g/mol. The molecule has 0 fully saturated rings. The summed E-state index contributed by atoms with van der Waals surface area (Å²) in [6, 6.07) is 10.8. The summed E-state index contributed by atoms with van der Waals surface area (Å²) in [7, 11) is 0.